The Balaban J connectivity index is 1.38. The van der Waals surface area contributed by atoms with Crippen LogP contribution >= 0.6 is 0 Å². The van der Waals surface area contributed by atoms with Gasteiger partial charge in [0.15, 0.2) is 0 Å². The minimum atomic E-state index is -0.900. The van der Waals surface area contributed by atoms with Gasteiger partial charge in [0.1, 0.15) is 17.7 Å². The van der Waals surface area contributed by atoms with Crippen molar-refractivity contribution in [2.24, 2.45) is 0 Å². The van der Waals surface area contributed by atoms with Crippen LogP contribution in [0.25, 0.3) is 21.9 Å². The van der Waals surface area contributed by atoms with Crippen molar-refractivity contribution in [3.63, 3.8) is 0 Å². The first-order valence-corrected chi connectivity index (χ1v) is 14.0. The normalized spacial score (nSPS) is 17.4. The first-order valence-electron chi connectivity index (χ1n) is 14.0. The highest BCUT2D eigenvalue weighted by atomic mass is 16.6. The van der Waals surface area contributed by atoms with Crippen LogP contribution in [0.4, 0.5) is 10.6 Å². The summed E-state index contributed by atoms with van der Waals surface area (Å²) in [5, 5.41) is 11.4. The highest BCUT2D eigenvalue weighted by molar-refractivity contribution is 5.94. The summed E-state index contributed by atoms with van der Waals surface area (Å²) >= 11 is 0. The van der Waals surface area contributed by atoms with Gasteiger partial charge in [-0.3, -0.25) is 4.79 Å². The van der Waals surface area contributed by atoms with E-state index in [1.54, 1.807) is 17.2 Å². The molecule has 0 bridgehead atoms. The van der Waals surface area contributed by atoms with Crippen LogP contribution in [0.1, 0.15) is 49.0 Å². The molecule has 4 aromatic rings. The number of nitrogens with two attached hydrogens (primary N) is 1. The Morgan fingerprint density at radius 3 is 2.59 bits per heavy atom. The number of carbonyl (C=O) groups is 2. The van der Waals surface area contributed by atoms with Crippen molar-refractivity contribution in [3.8, 4) is 16.9 Å². The van der Waals surface area contributed by atoms with Gasteiger partial charge >= 0.3 is 12.1 Å². The third-order valence-electron chi connectivity index (χ3n) is 8.51. The molecular weight excluding hydrogens is 518 g/mol. The summed E-state index contributed by atoms with van der Waals surface area (Å²) in [6.45, 7) is 3.39. The first kappa shape index (κ1) is 26.6. The van der Waals surface area contributed by atoms with Crippen LogP contribution in [-0.2, 0) is 21.4 Å². The number of pyridine rings is 1. The van der Waals surface area contributed by atoms with E-state index < -0.39 is 5.97 Å². The van der Waals surface area contributed by atoms with E-state index in [9.17, 15) is 14.7 Å². The standard InChI is InChI=1S/C33H33N3O5/c1-2-40-32(39)36-15-12-33(13-16-36)20-29(41-28-6-4-3-5-24(28)19-30(37)38)26-18-23(9-10-27(26)33)22-8-7-21-11-14-35-31(34)25(21)17-22/h3-11,14,17-18,29H,2,12-13,15-16,19-20H2,1H3,(H2,34,35)(H,37,38). The number of anilines is 1. The van der Waals surface area contributed by atoms with Crippen molar-refractivity contribution < 1.29 is 24.2 Å². The van der Waals surface area contributed by atoms with Gasteiger partial charge in [0.25, 0.3) is 0 Å². The number of hydrogen-bond donors (Lipinski definition) is 2. The molecule has 3 aromatic carbocycles. The molecule has 210 valence electrons. The molecule has 6 rings (SSSR count). The number of amides is 1. The second-order valence-electron chi connectivity index (χ2n) is 10.9. The summed E-state index contributed by atoms with van der Waals surface area (Å²) in [6.07, 6.45) is 3.42. The minimum Gasteiger partial charge on any atom is -0.485 e. The predicted octanol–water partition coefficient (Wildman–Crippen LogP) is 6.13. The van der Waals surface area contributed by atoms with E-state index in [0.717, 1.165) is 46.7 Å². The van der Waals surface area contributed by atoms with E-state index in [-0.39, 0.29) is 24.0 Å². The number of carbonyl (C=O) groups excluding carboxylic acids is 1. The predicted molar refractivity (Wildman–Crippen MR) is 157 cm³/mol. The van der Waals surface area contributed by atoms with Crippen molar-refractivity contribution in [3.05, 3.63) is 89.6 Å². The van der Waals surface area contributed by atoms with E-state index in [1.165, 1.54) is 5.56 Å². The van der Waals surface area contributed by atoms with Gasteiger partial charge in [-0.25, -0.2) is 9.78 Å². The number of para-hydroxylation sites is 1. The Kier molecular flexibility index (Phi) is 6.99. The maximum Gasteiger partial charge on any atom is 0.409 e. The highest BCUT2D eigenvalue weighted by Crippen LogP contribution is 2.53. The smallest absolute Gasteiger partial charge is 0.409 e. The van der Waals surface area contributed by atoms with Gasteiger partial charge in [-0.1, -0.05) is 42.5 Å². The molecule has 1 aromatic heterocycles. The summed E-state index contributed by atoms with van der Waals surface area (Å²) < 4.78 is 11.9. The fourth-order valence-corrected chi connectivity index (χ4v) is 6.43. The number of aliphatic carboxylic acids is 1. The molecule has 1 aliphatic carbocycles. The molecule has 3 N–H and O–H groups in total. The number of ether oxygens (including phenoxy) is 2. The number of benzene rings is 3. The Hall–Kier alpha value is -4.59. The third-order valence-corrected chi connectivity index (χ3v) is 8.51. The van der Waals surface area contributed by atoms with Crippen LogP contribution in [-0.4, -0.2) is 46.7 Å². The highest BCUT2D eigenvalue weighted by Gasteiger charge is 2.47. The van der Waals surface area contributed by atoms with Crippen molar-refractivity contribution >= 4 is 28.7 Å². The van der Waals surface area contributed by atoms with Crippen molar-refractivity contribution in [2.75, 3.05) is 25.4 Å². The molecule has 2 heterocycles. The summed E-state index contributed by atoms with van der Waals surface area (Å²) in [7, 11) is 0. The van der Waals surface area contributed by atoms with Crippen molar-refractivity contribution in [1.29, 1.82) is 0 Å². The lowest BCUT2D eigenvalue weighted by Crippen LogP contribution is -2.44. The lowest BCUT2D eigenvalue weighted by molar-refractivity contribution is -0.136. The molecule has 1 atom stereocenters. The first-order chi connectivity index (χ1) is 19.9. The molecule has 8 heteroatoms. The average molecular weight is 552 g/mol. The monoisotopic (exact) mass is 551 g/mol. The van der Waals surface area contributed by atoms with Crippen molar-refractivity contribution in [1.82, 2.24) is 9.88 Å². The number of aromatic nitrogens is 1. The lowest BCUT2D eigenvalue weighted by atomic mass is 9.73. The number of fused-ring (bicyclic) bond motifs is 3. The summed E-state index contributed by atoms with van der Waals surface area (Å²) in [5.74, 6) is 0.180. The maximum absolute atomic E-state index is 12.4. The van der Waals surface area contributed by atoms with Crippen LogP contribution < -0.4 is 10.5 Å². The summed E-state index contributed by atoms with van der Waals surface area (Å²) in [5.41, 5.74) is 11.1. The van der Waals surface area contributed by atoms with Gasteiger partial charge in [-0.05, 0) is 78.1 Å². The van der Waals surface area contributed by atoms with Gasteiger partial charge in [-0.15, -0.1) is 0 Å². The van der Waals surface area contributed by atoms with E-state index in [0.29, 0.717) is 36.8 Å². The van der Waals surface area contributed by atoms with Crippen LogP contribution in [0.5, 0.6) is 5.75 Å². The van der Waals surface area contributed by atoms with Gasteiger partial charge in [0, 0.05) is 35.7 Å². The second-order valence-corrected chi connectivity index (χ2v) is 10.9. The number of likely N-dealkylation sites (tertiary alicyclic amines) is 1. The lowest BCUT2D eigenvalue weighted by Gasteiger charge is -2.39. The van der Waals surface area contributed by atoms with E-state index in [4.69, 9.17) is 15.2 Å². The molecule has 1 spiro atoms. The van der Waals surface area contributed by atoms with Crippen LogP contribution in [0.2, 0.25) is 0 Å². The molecule has 41 heavy (non-hydrogen) atoms. The average Bonchev–Trinajstić information content (AvgIpc) is 3.26. The number of nitrogens with zero attached hydrogens (tertiary/aromatic N) is 2. The minimum absolute atomic E-state index is 0.109. The fraction of sp³-hybridized carbons (Fsp3) is 0.303. The van der Waals surface area contributed by atoms with Gasteiger partial charge < -0.3 is 25.2 Å². The number of nitrogen functional groups attached to an aromatic ring is 1. The third kappa shape index (κ3) is 5.06. The number of carboxylic acids is 1. The van der Waals surface area contributed by atoms with Crippen LogP contribution in [0.3, 0.4) is 0 Å². The SMILES string of the molecule is CCOC(=O)N1CCC2(CC1)CC(Oc1ccccc1CC(=O)O)c1cc(-c3ccc4ccnc(N)c4c3)ccc12. The molecule has 0 saturated carbocycles. The van der Waals surface area contributed by atoms with E-state index >= 15 is 0 Å². The number of piperidine rings is 1. The fourth-order valence-electron chi connectivity index (χ4n) is 6.43. The molecular formula is C33H33N3O5. The zero-order valence-electron chi connectivity index (χ0n) is 23.0. The molecule has 2 aliphatic rings. The number of carboxylic acid groups (broad SMARTS) is 1. The van der Waals surface area contributed by atoms with Gasteiger partial charge in [0.05, 0.1) is 13.0 Å². The Morgan fingerprint density at radius 2 is 1.80 bits per heavy atom. The molecule has 1 unspecified atom stereocenters. The summed E-state index contributed by atoms with van der Waals surface area (Å²) in [4.78, 5) is 30.0. The number of hydrogen-bond acceptors (Lipinski definition) is 6. The zero-order chi connectivity index (χ0) is 28.6. The summed E-state index contributed by atoms with van der Waals surface area (Å²) in [6, 6.07) is 22.0. The Labute approximate surface area is 238 Å². The van der Waals surface area contributed by atoms with Gasteiger partial charge in [-0.2, -0.15) is 0 Å². The molecule has 8 nitrogen and oxygen atoms in total. The zero-order valence-corrected chi connectivity index (χ0v) is 23.0. The van der Waals surface area contributed by atoms with Crippen LogP contribution in [0.15, 0.2) is 72.9 Å². The topological polar surface area (TPSA) is 115 Å². The Morgan fingerprint density at radius 1 is 1.05 bits per heavy atom. The van der Waals surface area contributed by atoms with E-state index in [2.05, 4.69) is 41.4 Å². The Bertz CT molecular complexity index is 1630. The molecule has 1 aliphatic heterocycles. The molecule has 1 saturated heterocycles. The number of rotatable bonds is 6. The molecule has 1 fully saturated rings. The van der Waals surface area contributed by atoms with E-state index in [1.807, 2.05) is 31.2 Å². The van der Waals surface area contributed by atoms with Crippen LogP contribution in [0, 0.1) is 0 Å². The molecule has 0 radical (unpaired) electrons. The molecule has 1 amide bonds. The van der Waals surface area contributed by atoms with Gasteiger partial charge in [0.2, 0.25) is 0 Å². The quantitative estimate of drug-likeness (QED) is 0.296. The van der Waals surface area contributed by atoms with Crippen molar-refractivity contribution in [2.45, 2.75) is 44.1 Å². The maximum atomic E-state index is 12.4. The largest absolute Gasteiger partial charge is 0.485 e. The second kappa shape index (κ2) is 10.8.